The number of β-amino-alcohol motifs (C(OH)–C–C–N with tert-alkyl or cyclic N) is 1. The predicted molar refractivity (Wildman–Crippen MR) is 87.0 cm³/mol. The highest BCUT2D eigenvalue weighted by molar-refractivity contribution is 5.88. The maximum atomic E-state index is 12.1. The molecule has 0 aliphatic carbocycles. The smallest absolute Gasteiger partial charge is 0.237 e. The van der Waals surface area contributed by atoms with Gasteiger partial charge in [-0.05, 0) is 31.0 Å². The van der Waals surface area contributed by atoms with E-state index in [1.165, 1.54) is 6.92 Å². The third kappa shape index (κ3) is 4.98. The van der Waals surface area contributed by atoms with E-state index in [0.29, 0.717) is 18.7 Å². The Morgan fingerprint density at radius 3 is 2.73 bits per heavy atom. The van der Waals surface area contributed by atoms with Gasteiger partial charge in [0.1, 0.15) is 0 Å². The number of carbonyl (C=O) groups excluding carboxylic acids is 2. The van der Waals surface area contributed by atoms with E-state index in [2.05, 4.69) is 16.0 Å². The Labute approximate surface area is 136 Å². The van der Waals surface area contributed by atoms with Gasteiger partial charge in [-0.3, -0.25) is 9.59 Å². The van der Waals surface area contributed by atoms with Crippen LogP contribution in [0.3, 0.4) is 0 Å². The number of benzene rings is 1. The standard InChI is InChI=1S/C15H21N3O3.ClH/c1-9(17-15(21)14-7-13(20)8-16-14)11-4-3-5-12(6-11)18-10(2)19;/h3-6,9,13-14,16,20H,7-8H2,1-2H3,(H,17,21)(H,18,19);1H. The summed E-state index contributed by atoms with van der Waals surface area (Å²) in [7, 11) is 0. The van der Waals surface area contributed by atoms with Gasteiger partial charge in [-0.2, -0.15) is 0 Å². The molecule has 122 valence electrons. The third-order valence-corrected chi connectivity index (χ3v) is 3.49. The molecule has 3 atom stereocenters. The van der Waals surface area contributed by atoms with Crippen LogP contribution in [0.15, 0.2) is 24.3 Å². The molecule has 1 aliphatic rings. The van der Waals surface area contributed by atoms with Crippen LogP contribution in [0.2, 0.25) is 0 Å². The van der Waals surface area contributed by atoms with Crippen LogP contribution in [-0.2, 0) is 9.59 Å². The fraction of sp³-hybridized carbons (Fsp3) is 0.467. The zero-order chi connectivity index (χ0) is 15.4. The van der Waals surface area contributed by atoms with Crippen LogP contribution < -0.4 is 16.0 Å². The fourth-order valence-electron chi connectivity index (χ4n) is 2.40. The van der Waals surface area contributed by atoms with Crippen LogP contribution in [0.1, 0.15) is 31.9 Å². The number of aliphatic hydroxyl groups is 1. The molecule has 1 aromatic rings. The van der Waals surface area contributed by atoms with Gasteiger partial charge in [-0.25, -0.2) is 0 Å². The van der Waals surface area contributed by atoms with Gasteiger partial charge in [0.2, 0.25) is 11.8 Å². The highest BCUT2D eigenvalue weighted by atomic mass is 35.5. The van der Waals surface area contributed by atoms with Gasteiger partial charge in [0.05, 0.1) is 18.2 Å². The highest BCUT2D eigenvalue weighted by Gasteiger charge is 2.28. The lowest BCUT2D eigenvalue weighted by Crippen LogP contribution is -2.41. The Balaban J connectivity index is 0.00000242. The Hall–Kier alpha value is -1.63. The molecule has 1 saturated heterocycles. The molecule has 0 saturated carbocycles. The van der Waals surface area contributed by atoms with Crippen molar-refractivity contribution in [2.75, 3.05) is 11.9 Å². The summed E-state index contributed by atoms with van der Waals surface area (Å²) < 4.78 is 0. The number of amides is 2. The van der Waals surface area contributed by atoms with E-state index in [-0.39, 0.29) is 36.3 Å². The van der Waals surface area contributed by atoms with Gasteiger partial charge in [0.15, 0.2) is 0 Å². The first-order valence-corrected chi connectivity index (χ1v) is 7.05. The van der Waals surface area contributed by atoms with E-state index >= 15 is 0 Å². The number of nitrogens with one attached hydrogen (secondary N) is 3. The normalized spacial score (nSPS) is 21.6. The average Bonchev–Trinajstić information content (AvgIpc) is 2.85. The summed E-state index contributed by atoms with van der Waals surface area (Å²) in [4.78, 5) is 23.1. The maximum absolute atomic E-state index is 12.1. The molecule has 2 amide bonds. The molecule has 1 heterocycles. The third-order valence-electron chi connectivity index (χ3n) is 3.49. The second-order valence-electron chi connectivity index (χ2n) is 5.39. The summed E-state index contributed by atoms with van der Waals surface area (Å²) in [6, 6.07) is 6.85. The summed E-state index contributed by atoms with van der Waals surface area (Å²) in [5.74, 6) is -0.253. The van der Waals surface area contributed by atoms with Gasteiger partial charge >= 0.3 is 0 Å². The lowest BCUT2D eigenvalue weighted by Gasteiger charge is -2.18. The molecule has 7 heteroatoms. The minimum absolute atomic E-state index is 0. The zero-order valence-electron chi connectivity index (χ0n) is 12.6. The lowest BCUT2D eigenvalue weighted by molar-refractivity contribution is -0.123. The van der Waals surface area contributed by atoms with Crippen molar-refractivity contribution >= 4 is 29.9 Å². The van der Waals surface area contributed by atoms with Gasteiger partial charge in [0, 0.05) is 19.2 Å². The number of hydrogen-bond acceptors (Lipinski definition) is 4. The van der Waals surface area contributed by atoms with Gasteiger partial charge in [-0.1, -0.05) is 12.1 Å². The number of rotatable bonds is 4. The Kier molecular flexibility index (Phi) is 6.80. The SMILES string of the molecule is CC(=O)Nc1cccc(C(C)NC(=O)C2CC(O)CN2)c1.Cl. The molecule has 1 aromatic carbocycles. The molecular formula is C15H22ClN3O3. The van der Waals surface area contributed by atoms with Crippen molar-refractivity contribution in [3.05, 3.63) is 29.8 Å². The van der Waals surface area contributed by atoms with E-state index in [4.69, 9.17) is 0 Å². The molecule has 0 radical (unpaired) electrons. The van der Waals surface area contributed by atoms with Crippen LogP contribution in [-0.4, -0.2) is 35.6 Å². The van der Waals surface area contributed by atoms with Crippen LogP contribution >= 0.6 is 12.4 Å². The summed E-state index contributed by atoms with van der Waals surface area (Å²) in [5, 5.41) is 18.0. The van der Waals surface area contributed by atoms with E-state index in [1.54, 1.807) is 6.07 Å². The lowest BCUT2D eigenvalue weighted by atomic mass is 10.1. The Morgan fingerprint density at radius 2 is 2.14 bits per heavy atom. The number of halogens is 1. The minimum atomic E-state index is -0.459. The molecular weight excluding hydrogens is 306 g/mol. The second kappa shape index (κ2) is 8.12. The first-order chi connectivity index (χ1) is 9.95. The van der Waals surface area contributed by atoms with Crippen LogP contribution in [0.5, 0.6) is 0 Å². The summed E-state index contributed by atoms with van der Waals surface area (Å²) >= 11 is 0. The molecule has 1 fully saturated rings. The first kappa shape index (κ1) is 18.4. The first-order valence-electron chi connectivity index (χ1n) is 7.05. The van der Waals surface area contributed by atoms with Crippen LogP contribution in [0.4, 0.5) is 5.69 Å². The summed E-state index contributed by atoms with van der Waals surface area (Å²) in [6.45, 7) is 3.79. The van der Waals surface area contributed by atoms with Gasteiger partial charge in [-0.15, -0.1) is 12.4 Å². The van der Waals surface area contributed by atoms with Crippen LogP contribution in [0, 0.1) is 0 Å². The van der Waals surface area contributed by atoms with Gasteiger partial charge < -0.3 is 21.1 Å². The largest absolute Gasteiger partial charge is 0.392 e. The molecule has 3 unspecified atom stereocenters. The van der Waals surface area contributed by atoms with E-state index in [1.807, 2.05) is 25.1 Å². The maximum Gasteiger partial charge on any atom is 0.237 e. The summed E-state index contributed by atoms with van der Waals surface area (Å²) in [6.07, 6.45) is -0.0241. The average molecular weight is 328 g/mol. The Morgan fingerprint density at radius 1 is 1.41 bits per heavy atom. The van der Waals surface area contributed by atoms with Crippen molar-refractivity contribution in [2.45, 2.75) is 38.5 Å². The van der Waals surface area contributed by atoms with Crippen molar-refractivity contribution in [3.63, 3.8) is 0 Å². The van der Waals surface area contributed by atoms with Crippen LogP contribution in [0.25, 0.3) is 0 Å². The summed E-state index contributed by atoms with van der Waals surface area (Å²) in [5.41, 5.74) is 1.61. The quantitative estimate of drug-likeness (QED) is 0.663. The molecule has 6 nitrogen and oxygen atoms in total. The molecule has 4 N–H and O–H groups in total. The van der Waals surface area contributed by atoms with Crippen molar-refractivity contribution in [3.8, 4) is 0 Å². The molecule has 0 bridgehead atoms. The minimum Gasteiger partial charge on any atom is -0.392 e. The number of hydrogen-bond donors (Lipinski definition) is 4. The highest BCUT2D eigenvalue weighted by Crippen LogP contribution is 2.18. The molecule has 1 aliphatic heterocycles. The zero-order valence-corrected chi connectivity index (χ0v) is 13.4. The Bertz CT molecular complexity index is 539. The van der Waals surface area contributed by atoms with E-state index in [9.17, 15) is 14.7 Å². The van der Waals surface area contributed by atoms with Crippen molar-refractivity contribution in [1.82, 2.24) is 10.6 Å². The van der Waals surface area contributed by atoms with Crippen molar-refractivity contribution < 1.29 is 14.7 Å². The number of carbonyl (C=O) groups is 2. The number of anilines is 1. The van der Waals surface area contributed by atoms with E-state index in [0.717, 1.165) is 5.56 Å². The molecule has 0 spiro atoms. The molecule has 2 rings (SSSR count). The van der Waals surface area contributed by atoms with E-state index < -0.39 is 6.10 Å². The van der Waals surface area contributed by atoms with Crippen molar-refractivity contribution in [1.29, 1.82) is 0 Å². The monoisotopic (exact) mass is 327 g/mol. The molecule has 22 heavy (non-hydrogen) atoms. The fourth-order valence-corrected chi connectivity index (χ4v) is 2.40. The second-order valence-corrected chi connectivity index (χ2v) is 5.39. The topological polar surface area (TPSA) is 90.5 Å². The predicted octanol–water partition coefficient (Wildman–Crippen LogP) is 0.967. The van der Waals surface area contributed by atoms with Gasteiger partial charge in [0.25, 0.3) is 0 Å². The molecule has 0 aromatic heterocycles. The number of aliphatic hydroxyl groups excluding tert-OH is 1. The van der Waals surface area contributed by atoms with Crippen molar-refractivity contribution in [2.24, 2.45) is 0 Å².